The summed E-state index contributed by atoms with van der Waals surface area (Å²) < 4.78 is 3.96. The number of amides is 1. The lowest BCUT2D eigenvalue weighted by Crippen LogP contribution is -2.41. The van der Waals surface area contributed by atoms with E-state index in [1.54, 1.807) is 12.4 Å². The van der Waals surface area contributed by atoms with Gasteiger partial charge in [0.25, 0.3) is 5.91 Å². The molecule has 140 valence electrons. The minimum Gasteiger partial charge on any atom is -0.350 e. The predicted molar refractivity (Wildman–Crippen MR) is 105 cm³/mol. The van der Waals surface area contributed by atoms with Crippen molar-refractivity contribution in [1.29, 1.82) is 0 Å². The molecule has 1 fully saturated rings. The molecular formula is C21H24N4O2. The number of aromatic nitrogens is 3. The fourth-order valence-electron chi connectivity index (χ4n) is 3.94. The molecule has 0 N–H and O–H groups in total. The third-order valence-electron chi connectivity index (χ3n) is 5.50. The smallest absolute Gasteiger partial charge is 0.259 e. The van der Waals surface area contributed by atoms with Crippen LogP contribution in [0, 0.1) is 12.8 Å². The van der Waals surface area contributed by atoms with Crippen LogP contribution in [0.3, 0.4) is 0 Å². The van der Waals surface area contributed by atoms with Crippen molar-refractivity contribution in [2.75, 3.05) is 13.1 Å². The van der Waals surface area contributed by atoms with Gasteiger partial charge in [0, 0.05) is 50.7 Å². The van der Waals surface area contributed by atoms with Crippen LogP contribution in [0.25, 0.3) is 10.9 Å². The summed E-state index contributed by atoms with van der Waals surface area (Å²) in [5, 5.41) is 0.610. The molecule has 1 aromatic carbocycles. The zero-order chi connectivity index (χ0) is 19.0. The Morgan fingerprint density at radius 3 is 2.74 bits per heavy atom. The summed E-state index contributed by atoms with van der Waals surface area (Å²) in [5.41, 5.74) is 1.96. The Balaban J connectivity index is 1.53. The second-order valence-corrected chi connectivity index (χ2v) is 7.50. The Labute approximate surface area is 158 Å². The number of imidazole rings is 1. The molecule has 3 heterocycles. The van der Waals surface area contributed by atoms with E-state index in [1.165, 1.54) is 0 Å². The highest BCUT2D eigenvalue weighted by atomic mass is 16.2. The number of fused-ring (bicyclic) bond motifs is 1. The molecule has 0 unspecified atom stereocenters. The van der Waals surface area contributed by atoms with Crippen LogP contribution in [-0.4, -0.2) is 38.0 Å². The maximum atomic E-state index is 13.0. The van der Waals surface area contributed by atoms with Gasteiger partial charge in [0.15, 0.2) is 0 Å². The molecule has 6 heteroatoms. The number of nitrogens with zero attached hydrogens (tertiary/aromatic N) is 4. The second kappa shape index (κ2) is 7.02. The summed E-state index contributed by atoms with van der Waals surface area (Å²) in [6.07, 6.45) is 9.15. The van der Waals surface area contributed by atoms with Crippen LogP contribution in [0.15, 0.2) is 47.9 Å². The maximum Gasteiger partial charge on any atom is 0.259 e. The number of piperidine rings is 1. The van der Waals surface area contributed by atoms with Crippen molar-refractivity contribution in [3.63, 3.8) is 0 Å². The van der Waals surface area contributed by atoms with Crippen molar-refractivity contribution in [2.24, 2.45) is 13.0 Å². The van der Waals surface area contributed by atoms with Gasteiger partial charge >= 0.3 is 0 Å². The molecular weight excluding hydrogens is 340 g/mol. The fourth-order valence-corrected chi connectivity index (χ4v) is 3.94. The van der Waals surface area contributed by atoms with Crippen molar-refractivity contribution >= 4 is 16.8 Å². The molecule has 1 aliphatic rings. The van der Waals surface area contributed by atoms with Gasteiger partial charge in [-0.25, -0.2) is 4.98 Å². The molecule has 1 amide bonds. The highest BCUT2D eigenvalue weighted by Crippen LogP contribution is 2.21. The van der Waals surface area contributed by atoms with Crippen molar-refractivity contribution < 1.29 is 4.79 Å². The molecule has 1 saturated heterocycles. The quantitative estimate of drug-likeness (QED) is 0.718. The third-order valence-corrected chi connectivity index (χ3v) is 5.50. The lowest BCUT2D eigenvalue weighted by Gasteiger charge is -2.32. The van der Waals surface area contributed by atoms with Crippen molar-refractivity contribution in [1.82, 2.24) is 19.0 Å². The molecule has 0 radical (unpaired) electrons. The van der Waals surface area contributed by atoms with Crippen molar-refractivity contribution in [2.45, 2.75) is 26.3 Å². The number of carbonyl (C=O) groups is 1. The van der Waals surface area contributed by atoms with Gasteiger partial charge in [-0.15, -0.1) is 0 Å². The minimum atomic E-state index is -0.169. The summed E-state index contributed by atoms with van der Waals surface area (Å²) in [6.45, 7) is 4.26. The van der Waals surface area contributed by atoms with Crippen LogP contribution >= 0.6 is 0 Å². The van der Waals surface area contributed by atoms with E-state index in [1.807, 2.05) is 54.2 Å². The second-order valence-electron chi connectivity index (χ2n) is 7.50. The molecule has 0 bridgehead atoms. The molecule has 0 aliphatic carbocycles. The Kier molecular flexibility index (Phi) is 4.56. The number of hydrogen-bond donors (Lipinski definition) is 0. The van der Waals surface area contributed by atoms with Gasteiger partial charge in [-0.1, -0.05) is 11.6 Å². The maximum absolute atomic E-state index is 13.0. The molecule has 2 aromatic heterocycles. The van der Waals surface area contributed by atoms with E-state index in [4.69, 9.17) is 0 Å². The number of likely N-dealkylation sites (tertiary alicyclic amines) is 1. The third kappa shape index (κ3) is 3.39. The monoisotopic (exact) mass is 364 g/mol. The summed E-state index contributed by atoms with van der Waals surface area (Å²) in [7, 11) is 1.88. The SMILES string of the molecule is Cc1ccc2c(c1)c(=O)c(C(=O)N1CCC(Cn3ccnc3)CC1)cn2C. The molecule has 4 rings (SSSR count). The van der Waals surface area contributed by atoms with Crippen LogP contribution in [0.2, 0.25) is 0 Å². The van der Waals surface area contributed by atoms with E-state index in [2.05, 4.69) is 9.55 Å². The first-order valence-corrected chi connectivity index (χ1v) is 9.38. The van der Waals surface area contributed by atoms with Gasteiger partial charge in [-0.05, 0) is 37.8 Å². The highest BCUT2D eigenvalue weighted by Gasteiger charge is 2.26. The van der Waals surface area contributed by atoms with Crippen molar-refractivity contribution in [3.05, 3.63) is 64.5 Å². The lowest BCUT2D eigenvalue weighted by molar-refractivity contribution is 0.0681. The van der Waals surface area contributed by atoms with Gasteiger partial charge < -0.3 is 14.0 Å². The van der Waals surface area contributed by atoms with Gasteiger partial charge in [0.2, 0.25) is 5.43 Å². The average molecular weight is 364 g/mol. The molecule has 0 atom stereocenters. The predicted octanol–water partition coefficient (Wildman–Crippen LogP) is 2.60. The molecule has 3 aromatic rings. The largest absolute Gasteiger partial charge is 0.350 e. The van der Waals surface area contributed by atoms with Gasteiger partial charge in [-0.2, -0.15) is 0 Å². The number of benzene rings is 1. The standard InChI is InChI=1S/C21H24N4O2/c1-15-3-4-19-17(11-15)20(26)18(13-23(19)2)21(27)25-8-5-16(6-9-25)12-24-10-7-22-14-24/h3-4,7,10-11,13-14,16H,5-6,8-9,12H2,1-2H3. The Bertz CT molecular complexity index is 1030. The molecule has 0 spiro atoms. The lowest BCUT2D eigenvalue weighted by atomic mass is 9.96. The molecule has 0 saturated carbocycles. The van der Waals surface area contributed by atoms with E-state index in [9.17, 15) is 9.59 Å². The Morgan fingerprint density at radius 1 is 1.26 bits per heavy atom. The summed E-state index contributed by atoms with van der Waals surface area (Å²) in [4.78, 5) is 31.8. The fraction of sp³-hybridized carbons (Fsp3) is 0.381. The molecule has 27 heavy (non-hydrogen) atoms. The van der Waals surface area contributed by atoms with Crippen LogP contribution < -0.4 is 5.43 Å². The van der Waals surface area contributed by atoms with Gasteiger partial charge in [-0.3, -0.25) is 9.59 Å². The average Bonchev–Trinajstić information content (AvgIpc) is 3.17. The molecule has 6 nitrogen and oxygen atoms in total. The zero-order valence-electron chi connectivity index (χ0n) is 15.8. The Morgan fingerprint density at radius 2 is 2.04 bits per heavy atom. The molecule has 1 aliphatic heterocycles. The number of hydrogen-bond acceptors (Lipinski definition) is 3. The van der Waals surface area contributed by atoms with Crippen LogP contribution in [0.5, 0.6) is 0 Å². The van der Waals surface area contributed by atoms with Crippen molar-refractivity contribution in [3.8, 4) is 0 Å². The minimum absolute atomic E-state index is 0.153. The van der Waals surface area contributed by atoms with Crippen LogP contribution in [0.1, 0.15) is 28.8 Å². The van der Waals surface area contributed by atoms with E-state index in [0.29, 0.717) is 24.4 Å². The summed E-state index contributed by atoms with van der Waals surface area (Å²) in [6, 6.07) is 5.78. The first kappa shape index (κ1) is 17.5. The number of rotatable bonds is 3. The first-order chi connectivity index (χ1) is 13.0. The van der Waals surface area contributed by atoms with Gasteiger partial charge in [0.1, 0.15) is 5.56 Å². The van der Waals surface area contributed by atoms with Crippen LogP contribution in [-0.2, 0) is 13.6 Å². The van der Waals surface area contributed by atoms with E-state index in [0.717, 1.165) is 30.5 Å². The van der Waals surface area contributed by atoms with E-state index in [-0.39, 0.29) is 16.9 Å². The number of carbonyl (C=O) groups excluding carboxylic acids is 1. The number of aryl methyl sites for hydroxylation is 2. The summed E-state index contributed by atoms with van der Waals surface area (Å²) >= 11 is 0. The van der Waals surface area contributed by atoms with Gasteiger partial charge in [0.05, 0.1) is 11.8 Å². The Hall–Kier alpha value is -2.89. The topological polar surface area (TPSA) is 60.1 Å². The van der Waals surface area contributed by atoms with E-state index >= 15 is 0 Å². The summed E-state index contributed by atoms with van der Waals surface area (Å²) in [5.74, 6) is 0.380. The highest BCUT2D eigenvalue weighted by molar-refractivity contribution is 5.97. The van der Waals surface area contributed by atoms with E-state index < -0.39 is 0 Å². The number of pyridine rings is 1. The van der Waals surface area contributed by atoms with Crippen LogP contribution in [0.4, 0.5) is 0 Å². The normalized spacial score (nSPS) is 15.4. The zero-order valence-corrected chi connectivity index (χ0v) is 15.8. The first-order valence-electron chi connectivity index (χ1n) is 9.38.